The van der Waals surface area contributed by atoms with Crippen molar-refractivity contribution in [3.05, 3.63) is 108 Å². The molecule has 182 valence electrons. The van der Waals surface area contributed by atoms with Crippen LogP contribution >= 0.6 is 0 Å². The maximum Gasteiger partial charge on any atom is 0.257 e. The summed E-state index contributed by atoms with van der Waals surface area (Å²) >= 11 is 0. The van der Waals surface area contributed by atoms with Gasteiger partial charge in [-0.15, -0.1) is 0 Å². The number of para-hydroxylation sites is 3. The monoisotopic (exact) mass is 477 g/mol. The van der Waals surface area contributed by atoms with Crippen LogP contribution in [0, 0.1) is 0 Å². The van der Waals surface area contributed by atoms with E-state index in [0.717, 1.165) is 43.6 Å². The number of rotatable bonds is 11. The van der Waals surface area contributed by atoms with E-state index in [1.807, 2.05) is 36.4 Å². The number of nitrogens with one attached hydrogen (secondary N) is 1. The molecular weight excluding hydrogens is 446 g/mol. The molecule has 5 heteroatoms. The SMILES string of the molecule is O=C(COc1ccccc1)NCCCCCc1nc2ccccc2n1Cc1cccc2ccccc12. The molecule has 0 aliphatic rings. The number of fused-ring (bicyclic) bond motifs is 2. The minimum absolute atomic E-state index is 0.0439. The van der Waals surface area contributed by atoms with E-state index in [0.29, 0.717) is 12.3 Å². The normalized spacial score (nSPS) is 11.1. The van der Waals surface area contributed by atoms with Crippen LogP contribution in [0.3, 0.4) is 0 Å². The van der Waals surface area contributed by atoms with Crippen LogP contribution in [-0.2, 0) is 17.8 Å². The predicted octanol–water partition coefficient (Wildman–Crippen LogP) is 6.15. The zero-order chi connectivity index (χ0) is 24.6. The Morgan fingerprint density at radius 2 is 1.58 bits per heavy atom. The van der Waals surface area contributed by atoms with Gasteiger partial charge in [0, 0.05) is 19.5 Å². The van der Waals surface area contributed by atoms with E-state index in [1.54, 1.807) is 0 Å². The molecule has 5 rings (SSSR count). The van der Waals surface area contributed by atoms with E-state index >= 15 is 0 Å². The number of nitrogens with zero attached hydrogens (tertiary/aromatic N) is 2. The van der Waals surface area contributed by atoms with Gasteiger partial charge in [0.15, 0.2) is 6.61 Å². The van der Waals surface area contributed by atoms with E-state index in [-0.39, 0.29) is 12.5 Å². The number of imidazole rings is 1. The molecule has 1 amide bonds. The molecule has 0 saturated heterocycles. The number of carbonyl (C=O) groups is 1. The van der Waals surface area contributed by atoms with Crippen LogP contribution < -0.4 is 10.1 Å². The van der Waals surface area contributed by atoms with Crippen LogP contribution in [0.1, 0.15) is 30.7 Å². The Labute approximate surface area is 211 Å². The van der Waals surface area contributed by atoms with Crippen molar-refractivity contribution < 1.29 is 9.53 Å². The summed E-state index contributed by atoms with van der Waals surface area (Å²) in [6, 6.07) is 32.8. The molecule has 0 spiro atoms. The van der Waals surface area contributed by atoms with E-state index in [1.165, 1.54) is 21.9 Å². The van der Waals surface area contributed by atoms with Gasteiger partial charge in [-0.05, 0) is 53.4 Å². The standard InChI is InChI=1S/C31H31N3O2/c35-31(23-36-26-15-3-1-4-16-26)32-21-10-2-5-20-30-33-28-18-8-9-19-29(28)34(30)22-25-14-11-13-24-12-6-7-17-27(24)25/h1,3-4,6-9,11-19H,2,5,10,20-23H2,(H,32,35). The number of hydrogen-bond donors (Lipinski definition) is 1. The summed E-state index contributed by atoms with van der Waals surface area (Å²) in [5, 5.41) is 5.50. The number of unbranched alkanes of at least 4 members (excludes halogenated alkanes) is 2. The summed E-state index contributed by atoms with van der Waals surface area (Å²) in [4.78, 5) is 17.0. The molecule has 1 heterocycles. The number of ether oxygens (including phenoxy) is 1. The highest BCUT2D eigenvalue weighted by atomic mass is 16.5. The van der Waals surface area contributed by atoms with Gasteiger partial charge < -0.3 is 14.6 Å². The Kier molecular flexibility index (Phi) is 7.57. The quantitative estimate of drug-likeness (QED) is 0.232. The Morgan fingerprint density at radius 1 is 0.806 bits per heavy atom. The van der Waals surface area contributed by atoms with Crippen LogP contribution in [0.25, 0.3) is 21.8 Å². The Hall–Kier alpha value is -4.12. The van der Waals surface area contributed by atoms with Crippen LogP contribution in [0.5, 0.6) is 5.75 Å². The highest BCUT2D eigenvalue weighted by Gasteiger charge is 2.12. The first-order chi connectivity index (χ1) is 17.8. The van der Waals surface area contributed by atoms with Gasteiger partial charge >= 0.3 is 0 Å². The van der Waals surface area contributed by atoms with E-state index in [9.17, 15) is 4.79 Å². The molecule has 0 atom stereocenters. The van der Waals surface area contributed by atoms with Crippen molar-refractivity contribution in [2.45, 2.75) is 32.2 Å². The van der Waals surface area contributed by atoms with E-state index in [2.05, 4.69) is 70.5 Å². The Bertz CT molecular complexity index is 1440. The van der Waals surface area contributed by atoms with Crippen molar-refractivity contribution in [3.63, 3.8) is 0 Å². The summed E-state index contributed by atoms with van der Waals surface area (Å²) in [6.45, 7) is 1.50. The lowest BCUT2D eigenvalue weighted by Crippen LogP contribution is -2.29. The lowest BCUT2D eigenvalue weighted by molar-refractivity contribution is -0.123. The predicted molar refractivity (Wildman–Crippen MR) is 145 cm³/mol. The number of carbonyl (C=O) groups excluding carboxylic acids is 1. The van der Waals surface area contributed by atoms with Crippen molar-refractivity contribution in [3.8, 4) is 5.75 Å². The largest absolute Gasteiger partial charge is 0.484 e. The summed E-state index contributed by atoms with van der Waals surface area (Å²) < 4.78 is 7.86. The van der Waals surface area contributed by atoms with Crippen molar-refractivity contribution in [1.29, 1.82) is 0 Å². The van der Waals surface area contributed by atoms with E-state index in [4.69, 9.17) is 9.72 Å². The van der Waals surface area contributed by atoms with Crippen molar-refractivity contribution >= 4 is 27.7 Å². The fourth-order valence-corrected chi connectivity index (χ4v) is 4.62. The smallest absolute Gasteiger partial charge is 0.257 e. The van der Waals surface area contributed by atoms with E-state index < -0.39 is 0 Å². The van der Waals surface area contributed by atoms with Gasteiger partial charge in [0.1, 0.15) is 11.6 Å². The molecule has 0 aliphatic heterocycles. The second kappa shape index (κ2) is 11.5. The first kappa shape index (κ1) is 23.6. The minimum atomic E-state index is -0.0873. The molecule has 36 heavy (non-hydrogen) atoms. The highest BCUT2D eigenvalue weighted by molar-refractivity contribution is 5.86. The van der Waals surface area contributed by atoms with Crippen LogP contribution in [0.15, 0.2) is 97.1 Å². The number of aryl methyl sites for hydroxylation is 1. The first-order valence-electron chi connectivity index (χ1n) is 12.6. The highest BCUT2D eigenvalue weighted by Crippen LogP contribution is 2.24. The molecule has 0 unspecified atom stereocenters. The molecule has 5 aromatic rings. The van der Waals surface area contributed by atoms with Crippen LogP contribution in [0.2, 0.25) is 0 Å². The summed E-state index contributed by atoms with van der Waals surface area (Å²) in [5.41, 5.74) is 3.52. The number of amides is 1. The zero-order valence-electron chi connectivity index (χ0n) is 20.4. The summed E-state index contributed by atoms with van der Waals surface area (Å²) in [5.74, 6) is 1.74. The third-order valence-corrected chi connectivity index (χ3v) is 6.45. The second-order valence-electron chi connectivity index (χ2n) is 9.00. The molecule has 1 aromatic heterocycles. The fraction of sp³-hybridized carbons (Fsp3) is 0.226. The number of benzene rings is 4. The molecule has 5 nitrogen and oxygen atoms in total. The average Bonchev–Trinajstić information content (AvgIpc) is 3.27. The molecule has 0 fully saturated rings. The molecule has 0 bridgehead atoms. The molecule has 0 aliphatic carbocycles. The zero-order valence-corrected chi connectivity index (χ0v) is 20.4. The maximum atomic E-state index is 12.0. The summed E-state index contributed by atoms with van der Waals surface area (Å²) in [7, 11) is 0. The fourth-order valence-electron chi connectivity index (χ4n) is 4.62. The summed E-state index contributed by atoms with van der Waals surface area (Å²) in [6.07, 6.45) is 3.89. The van der Waals surface area contributed by atoms with Gasteiger partial charge in [-0.2, -0.15) is 0 Å². The number of aromatic nitrogens is 2. The third kappa shape index (κ3) is 5.74. The second-order valence-corrected chi connectivity index (χ2v) is 9.00. The Balaban J connectivity index is 1.16. The van der Waals surface area contributed by atoms with Gasteiger partial charge in [0.05, 0.1) is 11.0 Å². The Morgan fingerprint density at radius 3 is 2.50 bits per heavy atom. The van der Waals surface area contributed by atoms with Gasteiger partial charge in [0.25, 0.3) is 5.91 Å². The van der Waals surface area contributed by atoms with Crippen LogP contribution in [0.4, 0.5) is 0 Å². The third-order valence-electron chi connectivity index (χ3n) is 6.45. The molecular formula is C31H31N3O2. The maximum absolute atomic E-state index is 12.0. The van der Waals surface area contributed by atoms with Gasteiger partial charge in [0.2, 0.25) is 0 Å². The lowest BCUT2D eigenvalue weighted by atomic mass is 10.0. The molecule has 0 saturated carbocycles. The first-order valence-corrected chi connectivity index (χ1v) is 12.6. The van der Waals surface area contributed by atoms with Crippen molar-refractivity contribution in [1.82, 2.24) is 14.9 Å². The van der Waals surface area contributed by atoms with Crippen LogP contribution in [-0.4, -0.2) is 28.6 Å². The lowest BCUT2D eigenvalue weighted by Gasteiger charge is -2.12. The number of hydrogen-bond acceptors (Lipinski definition) is 3. The van der Waals surface area contributed by atoms with Gasteiger partial charge in [-0.25, -0.2) is 4.98 Å². The van der Waals surface area contributed by atoms with Gasteiger partial charge in [-0.3, -0.25) is 4.79 Å². The average molecular weight is 478 g/mol. The van der Waals surface area contributed by atoms with Crippen molar-refractivity contribution in [2.24, 2.45) is 0 Å². The molecule has 1 N–H and O–H groups in total. The molecule has 0 radical (unpaired) electrons. The minimum Gasteiger partial charge on any atom is -0.484 e. The van der Waals surface area contributed by atoms with Crippen molar-refractivity contribution in [2.75, 3.05) is 13.2 Å². The topological polar surface area (TPSA) is 56.1 Å². The molecule has 4 aromatic carbocycles. The van der Waals surface area contributed by atoms with Gasteiger partial charge in [-0.1, -0.05) is 79.2 Å².